The number of aromatic hydroxyl groups is 2. The van der Waals surface area contributed by atoms with E-state index in [1.165, 1.54) is 24.5 Å². The number of hydrogen-bond acceptors (Lipinski definition) is 6. The second kappa shape index (κ2) is 10.5. The molecule has 8 heteroatoms. The Kier molecular flexibility index (Phi) is 7.40. The molecule has 0 aliphatic carbocycles. The van der Waals surface area contributed by atoms with Crippen molar-refractivity contribution >= 4 is 5.91 Å². The monoisotopic (exact) mass is 477 g/mol. The van der Waals surface area contributed by atoms with E-state index in [1.54, 1.807) is 10.6 Å². The summed E-state index contributed by atoms with van der Waals surface area (Å²) in [5.41, 5.74) is 3.01. The van der Waals surface area contributed by atoms with Crippen LogP contribution in [0.15, 0.2) is 36.4 Å². The van der Waals surface area contributed by atoms with E-state index in [4.69, 9.17) is 0 Å². The number of rotatable bonds is 8. The molecule has 3 N–H and O–H groups in total. The molecule has 1 fully saturated rings. The Balaban J connectivity index is 1.79. The summed E-state index contributed by atoms with van der Waals surface area (Å²) >= 11 is 0. The topological polar surface area (TPSA) is 104 Å². The van der Waals surface area contributed by atoms with Crippen LogP contribution in [0.5, 0.6) is 11.5 Å². The third kappa shape index (κ3) is 5.32. The molecule has 1 aliphatic heterocycles. The summed E-state index contributed by atoms with van der Waals surface area (Å²) in [6.07, 6.45) is 3.27. The fourth-order valence-corrected chi connectivity index (χ4v) is 4.43. The van der Waals surface area contributed by atoms with Crippen LogP contribution in [-0.2, 0) is 6.54 Å². The summed E-state index contributed by atoms with van der Waals surface area (Å²) in [7, 11) is 0. The van der Waals surface area contributed by atoms with Crippen molar-refractivity contribution in [3.63, 3.8) is 0 Å². The number of benzene rings is 2. The predicted octanol–water partition coefficient (Wildman–Crippen LogP) is 4.59. The number of amides is 1. The molecule has 3 aromatic rings. The van der Waals surface area contributed by atoms with Gasteiger partial charge in [0.1, 0.15) is 11.5 Å². The number of aromatic nitrogens is 3. The quantitative estimate of drug-likeness (QED) is 0.438. The van der Waals surface area contributed by atoms with Gasteiger partial charge in [-0.2, -0.15) is 0 Å². The fourth-order valence-electron chi connectivity index (χ4n) is 4.43. The summed E-state index contributed by atoms with van der Waals surface area (Å²) in [6, 6.07) is 11.1. The highest BCUT2D eigenvalue weighted by molar-refractivity contribution is 5.92. The van der Waals surface area contributed by atoms with Gasteiger partial charge in [0.25, 0.3) is 5.91 Å². The third-order valence-corrected chi connectivity index (χ3v) is 6.66. The lowest BCUT2D eigenvalue weighted by Gasteiger charge is -2.17. The van der Waals surface area contributed by atoms with Gasteiger partial charge in [-0.15, -0.1) is 10.2 Å². The molecular weight excluding hydrogens is 442 g/mol. The number of hydrogen-bond donors (Lipinski definition) is 3. The lowest BCUT2D eigenvalue weighted by atomic mass is 9.98. The SMILES string of the molecule is CCC(C)NC(=O)c1nnc(-c2cc(C(C)C)c(O)cc2O)n1-c1ccc(CN2CCCC2)cc1. The van der Waals surface area contributed by atoms with Crippen molar-refractivity contribution in [1.29, 1.82) is 0 Å². The Morgan fingerprint density at radius 1 is 1.03 bits per heavy atom. The minimum Gasteiger partial charge on any atom is -0.508 e. The van der Waals surface area contributed by atoms with Crippen LogP contribution in [0.1, 0.15) is 74.6 Å². The van der Waals surface area contributed by atoms with Gasteiger partial charge < -0.3 is 15.5 Å². The van der Waals surface area contributed by atoms with Gasteiger partial charge in [-0.25, -0.2) is 0 Å². The van der Waals surface area contributed by atoms with E-state index in [0.29, 0.717) is 17.0 Å². The highest BCUT2D eigenvalue weighted by Gasteiger charge is 2.25. The molecule has 1 saturated heterocycles. The van der Waals surface area contributed by atoms with Crippen molar-refractivity contribution in [3.8, 4) is 28.6 Å². The van der Waals surface area contributed by atoms with E-state index in [0.717, 1.165) is 31.7 Å². The summed E-state index contributed by atoms with van der Waals surface area (Å²) in [5, 5.41) is 32.5. The van der Waals surface area contributed by atoms with Crippen LogP contribution < -0.4 is 5.32 Å². The van der Waals surface area contributed by atoms with Crippen LogP contribution in [0.3, 0.4) is 0 Å². The van der Waals surface area contributed by atoms with E-state index in [1.807, 2.05) is 39.8 Å². The molecule has 0 bridgehead atoms. The van der Waals surface area contributed by atoms with Crippen molar-refractivity contribution in [1.82, 2.24) is 25.0 Å². The molecule has 2 aromatic carbocycles. The van der Waals surface area contributed by atoms with Crippen molar-refractivity contribution < 1.29 is 15.0 Å². The number of carbonyl (C=O) groups excluding carboxylic acids is 1. The van der Waals surface area contributed by atoms with Crippen LogP contribution in [0, 0.1) is 0 Å². The predicted molar refractivity (Wildman–Crippen MR) is 136 cm³/mol. The molecule has 0 radical (unpaired) electrons. The lowest BCUT2D eigenvalue weighted by molar-refractivity contribution is 0.0926. The summed E-state index contributed by atoms with van der Waals surface area (Å²) < 4.78 is 1.67. The second-order valence-corrected chi connectivity index (χ2v) is 9.70. The number of phenolic OH excluding ortho intramolecular Hbond substituents is 2. The van der Waals surface area contributed by atoms with E-state index in [-0.39, 0.29) is 35.2 Å². The second-order valence-electron chi connectivity index (χ2n) is 9.70. The zero-order valence-electron chi connectivity index (χ0n) is 21.0. The van der Waals surface area contributed by atoms with E-state index >= 15 is 0 Å². The molecule has 8 nitrogen and oxygen atoms in total. The Labute approximate surface area is 206 Å². The first kappa shape index (κ1) is 24.7. The molecule has 35 heavy (non-hydrogen) atoms. The molecule has 0 spiro atoms. The number of likely N-dealkylation sites (tertiary alicyclic amines) is 1. The van der Waals surface area contributed by atoms with Gasteiger partial charge in [-0.3, -0.25) is 14.3 Å². The third-order valence-electron chi connectivity index (χ3n) is 6.66. The number of phenols is 2. The van der Waals surface area contributed by atoms with Gasteiger partial charge in [-0.1, -0.05) is 32.9 Å². The summed E-state index contributed by atoms with van der Waals surface area (Å²) in [5.74, 6) is 0.0796. The van der Waals surface area contributed by atoms with Gasteiger partial charge >= 0.3 is 0 Å². The fraction of sp³-hybridized carbons (Fsp3) is 0.444. The van der Waals surface area contributed by atoms with Gasteiger partial charge in [0.05, 0.1) is 5.56 Å². The van der Waals surface area contributed by atoms with Crippen molar-refractivity contribution in [2.75, 3.05) is 13.1 Å². The van der Waals surface area contributed by atoms with Crippen LogP contribution in [-0.4, -0.2) is 54.9 Å². The standard InChI is InChI=1S/C27H35N5O3/c1-5-18(4)28-27(35)26-30-29-25(22-14-21(17(2)3)23(33)15-24(22)34)32(26)20-10-8-19(9-11-20)16-31-12-6-7-13-31/h8-11,14-15,17-18,33-34H,5-7,12-13,16H2,1-4H3,(H,28,35). The molecular formula is C27H35N5O3. The van der Waals surface area contributed by atoms with Crippen molar-refractivity contribution in [2.24, 2.45) is 0 Å². The van der Waals surface area contributed by atoms with Crippen LogP contribution in [0.25, 0.3) is 17.1 Å². The zero-order chi connectivity index (χ0) is 25.1. The maximum Gasteiger partial charge on any atom is 0.289 e. The maximum atomic E-state index is 13.1. The molecule has 1 aliphatic rings. The Bertz CT molecular complexity index is 1180. The number of nitrogens with zero attached hydrogens (tertiary/aromatic N) is 4. The maximum absolute atomic E-state index is 13.1. The Hall–Kier alpha value is -3.39. The number of carbonyl (C=O) groups is 1. The van der Waals surface area contributed by atoms with Crippen LogP contribution in [0.2, 0.25) is 0 Å². The first-order chi connectivity index (χ1) is 16.8. The minimum atomic E-state index is -0.332. The normalized spacial score (nSPS) is 15.0. The van der Waals surface area contributed by atoms with Gasteiger partial charge in [0.2, 0.25) is 5.82 Å². The van der Waals surface area contributed by atoms with Crippen LogP contribution in [0.4, 0.5) is 0 Å². The van der Waals surface area contributed by atoms with E-state index < -0.39 is 0 Å². The van der Waals surface area contributed by atoms with E-state index in [9.17, 15) is 15.0 Å². The average molecular weight is 478 g/mol. The molecule has 1 unspecified atom stereocenters. The van der Waals surface area contributed by atoms with E-state index in [2.05, 4.69) is 32.5 Å². The van der Waals surface area contributed by atoms with Crippen molar-refractivity contribution in [3.05, 3.63) is 53.3 Å². The molecule has 4 rings (SSSR count). The largest absolute Gasteiger partial charge is 0.508 e. The Morgan fingerprint density at radius 2 is 1.71 bits per heavy atom. The zero-order valence-corrected chi connectivity index (χ0v) is 21.0. The average Bonchev–Trinajstić information content (AvgIpc) is 3.49. The van der Waals surface area contributed by atoms with Gasteiger partial charge in [-0.05, 0) is 74.5 Å². The highest BCUT2D eigenvalue weighted by Crippen LogP contribution is 2.38. The summed E-state index contributed by atoms with van der Waals surface area (Å²) in [6.45, 7) is 11.0. The molecule has 2 heterocycles. The Morgan fingerprint density at radius 3 is 2.34 bits per heavy atom. The first-order valence-electron chi connectivity index (χ1n) is 12.4. The minimum absolute atomic E-state index is 0.0199. The lowest BCUT2D eigenvalue weighted by Crippen LogP contribution is -2.33. The number of nitrogens with one attached hydrogen (secondary N) is 1. The molecule has 0 saturated carbocycles. The molecule has 1 amide bonds. The van der Waals surface area contributed by atoms with Gasteiger partial charge in [0.15, 0.2) is 5.82 Å². The first-order valence-corrected chi connectivity index (χ1v) is 12.4. The molecule has 1 atom stereocenters. The smallest absolute Gasteiger partial charge is 0.289 e. The highest BCUT2D eigenvalue weighted by atomic mass is 16.3. The summed E-state index contributed by atoms with van der Waals surface area (Å²) in [4.78, 5) is 15.6. The van der Waals surface area contributed by atoms with Crippen LogP contribution >= 0.6 is 0 Å². The van der Waals surface area contributed by atoms with Crippen molar-refractivity contribution in [2.45, 2.75) is 65.5 Å². The van der Waals surface area contributed by atoms with Gasteiger partial charge in [0, 0.05) is 24.3 Å². The molecule has 186 valence electrons. The molecule has 1 aromatic heterocycles.